The van der Waals surface area contributed by atoms with Crippen LogP contribution in [0.5, 0.6) is 0 Å². The Balaban J connectivity index is -0.0000000267. The summed E-state index contributed by atoms with van der Waals surface area (Å²) in [7, 11) is -5.39. The summed E-state index contributed by atoms with van der Waals surface area (Å²) in [5.41, 5.74) is 0. The topological polar surface area (TPSA) is 86.2 Å². The number of hydrogen-bond acceptors (Lipinski definition) is 4. The van der Waals surface area contributed by atoms with Gasteiger partial charge in [-0.15, -0.1) is 0 Å². The standard InChI is InChI=1S/Ca.ClH.Mg.H3O4P/c;;;1-5(2,3)4/h;1H;;(H3,1,2,3,4)/q+2;;+2;/p-4. The van der Waals surface area contributed by atoms with E-state index in [1.807, 2.05) is 0 Å². The molecule has 0 atom stereocenters. The maximum atomic E-state index is 8.55. The Bertz CT molecular complexity index is 62.2. The van der Waals surface area contributed by atoms with Crippen molar-refractivity contribution in [1.29, 1.82) is 0 Å². The first-order valence-electron chi connectivity index (χ1n) is 0.730. The van der Waals surface area contributed by atoms with Gasteiger partial charge >= 0.3 is 60.8 Å². The molecule has 0 N–H and O–H groups in total. The normalized spacial score (nSPS) is 7.38. The van der Waals surface area contributed by atoms with E-state index in [-0.39, 0.29) is 73.2 Å². The summed E-state index contributed by atoms with van der Waals surface area (Å²) >= 11 is 0. The molecule has 0 aliphatic carbocycles. The average molecular weight is 195 g/mol. The van der Waals surface area contributed by atoms with Crippen LogP contribution in [0.1, 0.15) is 0 Å². The van der Waals surface area contributed by atoms with Gasteiger partial charge in [-0.1, -0.05) is 0 Å². The molecule has 8 heavy (non-hydrogen) atoms. The van der Waals surface area contributed by atoms with Crippen LogP contribution < -0.4 is 27.1 Å². The van der Waals surface area contributed by atoms with E-state index < -0.39 is 7.82 Å². The first-order valence-corrected chi connectivity index (χ1v) is 2.19. The third-order valence-electron chi connectivity index (χ3n) is 0. The number of halogens is 1. The summed E-state index contributed by atoms with van der Waals surface area (Å²) in [4.78, 5) is 25.6. The van der Waals surface area contributed by atoms with Gasteiger partial charge in [0, 0.05) is 0 Å². The van der Waals surface area contributed by atoms with Gasteiger partial charge in [-0.2, -0.15) is 7.82 Å². The number of phosphoric acid groups is 1. The maximum Gasteiger partial charge on any atom is 2.00 e. The Morgan fingerprint density at radius 2 is 1.12 bits per heavy atom. The zero-order chi connectivity index (χ0) is 4.50. The van der Waals surface area contributed by atoms with Crippen LogP contribution in [0.3, 0.4) is 0 Å². The molecule has 0 aromatic carbocycles. The summed E-state index contributed by atoms with van der Waals surface area (Å²) in [6, 6.07) is 0. The molecule has 0 heterocycles. The molecule has 0 radical (unpaired) electrons. The molecule has 40 valence electrons. The Labute approximate surface area is 98.8 Å². The molecule has 0 saturated heterocycles. The van der Waals surface area contributed by atoms with Crippen LogP contribution in [0, 0.1) is 0 Å². The molecular weight excluding hydrogens is 195 g/mol. The Kier molecular flexibility index (Phi) is 26.4. The van der Waals surface area contributed by atoms with Crippen molar-refractivity contribution >= 4 is 68.6 Å². The molecule has 0 amide bonds. The van der Waals surface area contributed by atoms with Crippen LogP contribution in [0.4, 0.5) is 0 Å². The molecule has 0 aromatic rings. The van der Waals surface area contributed by atoms with E-state index in [9.17, 15) is 0 Å². The van der Waals surface area contributed by atoms with Crippen molar-refractivity contribution in [3.63, 3.8) is 0 Å². The largest absolute Gasteiger partial charge is 2.00 e. The molecular formula is CaClMgO4P. The Morgan fingerprint density at radius 3 is 1.12 bits per heavy atom. The Hall–Kier alpha value is 2.43. The van der Waals surface area contributed by atoms with Gasteiger partial charge in [0.05, 0.1) is 0 Å². The summed E-state index contributed by atoms with van der Waals surface area (Å²) in [6.45, 7) is 0. The average Bonchev–Trinajstić information content (AvgIpc) is 0.722. The molecule has 0 spiro atoms. The minimum absolute atomic E-state index is 0. The van der Waals surface area contributed by atoms with Gasteiger partial charge in [0.25, 0.3) is 0 Å². The monoisotopic (exact) mass is 194 g/mol. The number of rotatable bonds is 0. The van der Waals surface area contributed by atoms with Crippen molar-refractivity contribution in [1.82, 2.24) is 0 Å². The predicted molar refractivity (Wildman–Crippen MR) is 19.1 cm³/mol. The van der Waals surface area contributed by atoms with E-state index >= 15 is 0 Å². The first kappa shape index (κ1) is 22.4. The fourth-order valence-corrected chi connectivity index (χ4v) is 0. The SMILES string of the molecule is O=P([O-])([O-])[O-].[Ca+2].[Cl-].[Mg+2]. The van der Waals surface area contributed by atoms with Gasteiger partial charge in [-0.05, 0) is 0 Å². The van der Waals surface area contributed by atoms with E-state index in [1.54, 1.807) is 0 Å². The van der Waals surface area contributed by atoms with Gasteiger partial charge in [-0.3, -0.25) is 0 Å². The summed E-state index contributed by atoms with van der Waals surface area (Å²) in [5.74, 6) is 0. The first-order chi connectivity index (χ1) is 2.00. The van der Waals surface area contributed by atoms with E-state index in [0.717, 1.165) is 0 Å². The fourth-order valence-electron chi connectivity index (χ4n) is 0. The molecule has 0 rings (SSSR count). The molecule has 8 heteroatoms. The van der Waals surface area contributed by atoms with Crippen molar-refractivity contribution in [2.24, 2.45) is 0 Å². The second kappa shape index (κ2) is 9.43. The van der Waals surface area contributed by atoms with Crippen molar-refractivity contribution in [3.8, 4) is 0 Å². The predicted octanol–water partition coefficient (Wildman–Crippen LogP) is -6.58. The summed E-state index contributed by atoms with van der Waals surface area (Å²) in [6.07, 6.45) is 0. The molecule has 4 nitrogen and oxygen atoms in total. The number of hydrogen-bond donors (Lipinski definition) is 0. The van der Waals surface area contributed by atoms with Crippen LogP contribution in [0.2, 0.25) is 0 Å². The zero-order valence-corrected chi connectivity index (χ0v) is 9.15. The molecule has 0 aliphatic rings. The smallest absolute Gasteiger partial charge is 1.00 e. The van der Waals surface area contributed by atoms with Gasteiger partial charge in [0.1, 0.15) is 0 Å². The Morgan fingerprint density at radius 1 is 1.12 bits per heavy atom. The fraction of sp³-hybridized carbons (Fsp3) is 0. The molecule has 0 aliphatic heterocycles. The maximum absolute atomic E-state index is 8.55. The second-order valence-electron chi connectivity index (χ2n) is 0.447. The van der Waals surface area contributed by atoms with Gasteiger partial charge in [-0.25, -0.2) is 0 Å². The van der Waals surface area contributed by atoms with E-state index in [1.165, 1.54) is 0 Å². The summed E-state index contributed by atoms with van der Waals surface area (Å²) in [5, 5.41) is 0. The third-order valence-corrected chi connectivity index (χ3v) is 0. The third kappa shape index (κ3) is 79.0. The van der Waals surface area contributed by atoms with Crippen LogP contribution in [-0.2, 0) is 4.57 Å². The molecule has 0 bridgehead atoms. The summed E-state index contributed by atoms with van der Waals surface area (Å²) < 4.78 is 8.55. The van der Waals surface area contributed by atoms with Crippen LogP contribution in [-0.4, -0.2) is 60.8 Å². The second-order valence-corrected chi connectivity index (χ2v) is 1.34. The van der Waals surface area contributed by atoms with E-state index in [0.29, 0.717) is 0 Å². The minimum Gasteiger partial charge on any atom is -1.00 e. The van der Waals surface area contributed by atoms with Crippen LogP contribution >= 0.6 is 7.82 Å². The van der Waals surface area contributed by atoms with Gasteiger partial charge in [0.2, 0.25) is 0 Å². The van der Waals surface area contributed by atoms with Crippen molar-refractivity contribution < 1.29 is 31.7 Å². The molecule has 0 unspecified atom stereocenters. The van der Waals surface area contributed by atoms with Crippen molar-refractivity contribution in [2.45, 2.75) is 0 Å². The quantitative estimate of drug-likeness (QED) is 0.284. The van der Waals surface area contributed by atoms with E-state index in [4.69, 9.17) is 19.2 Å². The molecule has 0 saturated carbocycles. The van der Waals surface area contributed by atoms with Crippen molar-refractivity contribution in [3.05, 3.63) is 0 Å². The van der Waals surface area contributed by atoms with Crippen molar-refractivity contribution in [2.75, 3.05) is 0 Å². The zero-order valence-electron chi connectivity index (χ0n) is 3.87. The minimum atomic E-state index is -5.39. The van der Waals surface area contributed by atoms with Gasteiger partial charge in [0.15, 0.2) is 0 Å². The van der Waals surface area contributed by atoms with E-state index in [2.05, 4.69) is 0 Å². The van der Waals surface area contributed by atoms with Gasteiger partial charge < -0.3 is 31.7 Å². The molecule has 0 aromatic heterocycles. The molecule has 0 fully saturated rings. The van der Waals surface area contributed by atoms with Crippen LogP contribution in [0.15, 0.2) is 0 Å². The van der Waals surface area contributed by atoms with Crippen LogP contribution in [0.25, 0.3) is 0 Å².